The fourth-order valence-corrected chi connectivity index (χ4v) is 7.34. The number of nitrogens with zero attached hydrogens (tertiary/aromatic N) is 3. The van der Waals surface area contributed by atoms with Crippen molar-refractivity contribution in [2.45, 2.75) is 43.0 Å². The van der Waals surface area contributed by atoms with Crippen molar-refractivity contribution in [1.29, 1.82) is 0 Å². The first-order chi connectivity index (χ1) is 14.9. The van der Waals surface area contributed by atoms with Gasteiger partial charge in [-0.1, -0.05) is 12.5 Å². The fraction of sp³-hybridized carbons (Fsp3) is 0.421. The van der Waals surface area contributed by atoms with Gasteiger partial charge in [-0.2, -0.15) is 9.40 Å². The van der Waals surface area contributed by atoms with E-state index in [-0.39, 0.29) is 12.3 Å². The van der Waals surface area contributed by atoms with Crippen LogP contribution in [-0.2, 0) is 27.9 Å². The van der Waals surface area contributed by atoms with E-state index >= 15 is 0 Å². The molecule has 3 aromatic heterocycles. The van der Waals surface area contributed by atoms with Gasteiger partial charge in [-0.05, 0) is 48.6 Å². The third kappa shape index (κ3) is 5.14. The molecule has 1 aliphatic heterocycles. The Morgan fingerprint density at radius 2 is 2.03 bits per heavy atom. The van der Waals surface area contributed by atoms with E-state index in [9.17, 15) is 13.2 Å². The standard InChI is InChI=1S/C19H23N5O3S4/c25-16(8-11-24-18(21-22-19(24)28)15-5-4-12-29-15)20-13-14-6-7-17(30-14)31(26,27)23-9-2-1-3-10-23/h4-7,12H,1-3,8-11,13H2,(H,20,25)(H,22,28). The Kier molecular flexibility index (Phi) is 7.02. The maximum atomic E-state index is 12.8. The second-order valence-electron chi connectivity index (χ2n) is 7.19. The summed E-state index contributed by atoms with van der Waals surface area (Å²) in [5.74, 6) is 0.590. The molecular weight excluding hydrogens is 475 g/mol. The summed E-state index contributed by atoms with van der Waals surface area (Å²) < 4.78 is 29.7. The van der Waals surface area contributed by atoms with Gasteiger partial charge in [0.2, 0.25) is 5.91 Å². The lowest BCUT2D eigenvalue weighted by molar-refractivity contribution is -0.121. The largest absolute Gasteiger partial charge is 0.351 e. The van der Waals surface area contributed by atoms with Crippen molar-refractivity contribution >= 4 is 50.8 Å². The molecule has 0 unspecified atom stereocenters. The molecule has 1 saturated heterocycles. The Hall–Kier alpha value is -1.86. The fourth-order valence-electron chi connectivity index (χ4n) is 3.43. The molecular formula is C19H23N5O3S4. The van der Waals surface area contributed by atoms with Crippen molar-refractivity contribution in [3.8, 4) is 10.7 Å². The molecule has 8 nitrogen and oxygen atoms in total. The molecule has 31 heavy (non-hydrogen) atoms. The van der Waals surface area contributed by atoms with Crippen molar-refractivity contribution in [2.75, 3.05) is 13.1 Å². The lowest BCUT2D eigenvalue weighted by Crippen LogP contribution is -2.35. The highest BCUT2D eigenvalue weighted by molar-refractivity contribution is 7.91. The van der Waals surface area contributed by atoms with Gasteiger partial charge in [-0.3, -0.25) is 14.5 Å². The molecule has 4 heterocycles. The zero-order valence-electron chi connectivity index (χ0n) is 16.7. The van der Waals surface area contributed by atoms with Crippen LogP contribution in [0.5, 0.6) is 0 Å². The van der Waals surface area contributed by atoms with E-state index in [0.717, 1.165) is 34.8 Å². The summed E-state index contributed by atoms with van der Waals surface area (Å²) in [5, 5.41) is 11.9. The van der Waals surface area contributed by atoms with Gasteiger partial charge in [0.05, 0.1) is 11.4 Å². The maximum Gasteiger partial charge on any atom is 0.252 e. The first-order valence-electron chi connectivity index (χ1n) is 10.00. The summed E-state index contributed by atoms with van der Waals surface area (Å²) in [5.41, 5.74) is 0. The molecule has 1 fully saturated rings. The number of rotatable bonds is 8. The van der Waals surface area contributed by atoms with Crippen LogP contribution in [0.2, 0.25) is 0 Å². The van der Waals surface area contributed by atoms with Crippen LogP contribution in [0.1, 0.15) is 30.6 Å². The number of nitrogens with one attached hydrogen (secondary N) is 2. The van der Waals surface area contributed by atoms with E-state index in [2.05, 4.69) is 15.5 Å². The number of piperidine rings is 1. The van der Waals surface area contributed by atoms with Gasteiger partial charge in [0.15, 0.2) is 10.6 Å². The maximum absolute atomic E-state index is 12.8. The lowest BCUT2D eigenvalue weighted by Gasteiger charge is -2.25. The van der Waals surface area contributed by atoms with E-state index in [1.807, 2.05) is 22.1 Å². The Bertz CT molecular complexity index is 1190. The number of carbonyl (C=O) groups excluding carboxylic acids is 1. The molecule has 166 valence electrons. The normalized spacial score (nSPS) is 15.2. The van der Waals surface area contributed by atoms with Crippen molar-refractivity contribution < 1.29 is 13.2 Å². The topological polar surface area (TPSA) is 100 Å². The molecule has 0 bridgehead atoms. The van der Waals surface area contributed by atoms with E-state index in [0.29, 0.717) is 35.2 Å². The number of thiophene rings is 2. The number of H-pyrrole nitrogens is 1. The van der Waals surface area contributed by atoms with Gasteiger partial charge in [0, 0.05) is 30.9 Å². The summed E-state index contributed by atoms with van der Waals surface area (Å²) in [6, 6.07) is 7.30. The van der Waals surface area contributed by atoms with Gasteiger partial charge in [-0.25, -0.2) is 8.42 Å². The predicted octanol–water partition coefficient (Wildman–Crippen LogP) is 3.61. The molecule has 0 spiro atoms. The van der Waals surface area contributed by atoms with Crippen LogP contribution in [0.3, 0.4) is 0 Å². The van der Waals surface area contributed by atoms with Crippen molar-refractivity contribution in [2.24, 2.45) is 0 Å². The molecule has 0 radical (unpaired) electrons. The quantitative estimate of drug-likeness (QED) is 0.463. The number of amides is 1. The number of sulfonamides is 1. The minimum atomic E-state index is -3.44. The molecule has 0 saturated carbocycles. The lowest BCUT2D eigenvalue weighted by atomic mass is 10.2. The zero-order valence-corrected chi connectivity index (χ0v) is 20.0. The number of hydrogen-bond donors (Lipinski definition) is 2. The third-order valence-electron chi connectivity index (χ3n) is 5.07. The second kappa shape index (κ2) is 9.74. The summed E-state index contributed by atoms with van der Waals surface area (Å²) in [7, 11) is -3.44. The highest BCUT2D eigenvalue weighted by Gasteiger charge is 2.27. The van der Waals surface area contributed by atoms with Gasteiger partial charge in [-0.15, -0.1) is 22.7 Å². The Morgan fingerprint density at radius 3 is 2.77 bits per heavy atom. The number of aromatic nitrogens is 3. The van der Waals surface area contributed by atoms with Gasteiger partial charge in [0.25, 0.3) is 10.0 Å². The summed E-state index contributed by atoms with van der Waals surface area (Å²) >= 11 is 8.06. The SMILES string of the molecule is O=C(CCn1c(-c2cccs2)n[nH]c1=S)NCc1ccc(S(=O)(=O)N2CCCCC2)s1. The third-order valence-corrected chi connectivity index (χ3v) is 9.70. The smallest absolute Gasteiger partial charge is 0.252 e. The zero-order chi connectivity index (χ0) is 21.8. The molecule has 0 aromatic carbocycles. The average molecular weight is 498 g/mol. The summed E-state index contributed by atoms with van der Waals surface area (Å²) in [6.45, 7) is 1.87. The van der Waals surface area contributed by atoms with Crippen LogP contribution in [0.4, 0.5) is 0 Å². The minimum absolute atomic E-state index is 0.130. The monoisotopic (exact) mass is 497 g/mol. The van der Waals surface area contributed by atoms with E-state index in [1.165, 1.54) is 11.3 Å². The number of aromatic amines is 1. The van der Waals surface area contributed by atoms with E-state index in [4.69, 9.17) is 12.2 Å². The van der Waals surface area contributed by atoms with Crippen LogP contribution in [0.25, 0.3) is 10.7 Å². The van der Waals surface area contributed by atoms with Crippen molar-refractivity contribution in [1.82, 2.24) is 24.4 Å². The van der Waals surface area contributed by atoms with Crippen LogP contribution < -0.4 is 5.32 Å². The van der Waals surface area contributed by atoms with Crippen LogP contribution >= 0.6 is 34.9 Å². The van der Waals surface area contributed by atoms with Crippen LogP contribution in [0.15, 0.2) is 33.9 Å². The second-order valence-corrected chi connectivity index (χ2v) is 11.9. The van der Waals surface area contributed by atoms with Gasteiger partial charge in [0.1, 0.15) is 4.21 Å². The van der Waals surface area contributed by atoms with Crippen LogP contribution in [-0.4, -0.2) is 46.5 Å². The summed E-state index contributed by atoms with van der Waals surface area (Å²) in [6.07, 6.45) is 3.13. The average Bonchev–Trinajstić information content (AvgIpc) is 3.53. The van der Waals surface area contributed by atoms with Crippen molar-refractivity contribution in [3.63, 3.8) is 0 Å². The molecule has 1 amide bonds. The molecule has 0 atom stereocenters. The van der Waals surface area contributed by atoms with E-state index < -0.39 is 10.0 Å². The predicted molar refractivity (Wildman–Crippen MR) is 124 cm³/mol. The molecule has 0 aliphatic carbocycles. The molecule has 2 N–H and O–H groups in total. The highest BCUT2D eigenvalue weighted by atomic mass is 32.2. The number of hydrogen-bond acceptors (Lipinski definition) is 7. The first-order valence-corrected chi connectivity index (χ1v) is 13.5. The summed E-state index contributed by atoms with van der Waals surface area (Å²) in [4.78, 5) is 14.2. The molecule has 12 heteroatoms. The highest BCUT2D eigenvalue weighted by Crippen LogP contribution is 2.27. The molecule has 3 aromatic rings. The Labute approximate surface area is 194 Å². The Balaban J connectivity index is 1.32. The van der Waals surface area contributed by atoms with E-state index in [1.54, 1.807) is 27.8 Å². The molecule has 4 rings (SSSR count). The minimum Gasteiger partial charge on any atom is -0.351 e. The van der Waals surface area contributed by atoms with Gasteiger partial charge < -0.3 is 5.32 Å². The molecule has 1 aliphatic rings. The van der Waals surface area contributed by atoms with Crippen molar-refractivity contribution in [3.05, 3.63) is 39.3 Å². The first kappa shape index (κ1) is 22.3. The van der Waals surface area contributed by atoms with Crippen LogP contribution in [0, 0.1) is 4.77 Å². The number of carbonyl (C=O) groups is 1. The van der Waals surface area contributed by atoms with Gasteiger partial charge >= 0.3 is 0 Å². The Morgan fingerprint density at radius 1 is 1.23 bits per heavy atom.